The van der Waals surface area contributed by atoms with Crippen LogP contribution in [0.3, 0.4) is 0 Å². The average Bonchev–Trinajstić information content (AvgIpc) is 3.18. The minimum Gasteiger partial charge on any atom is -0.497 e. The van der Waals surface area contributed by atoms with Gasteiger partial charge in [-0.15, -0.1) is 10.2 Å². The van der Waals surface area contributed by atoms with Crippen molar-refractivity contribution < 1.29 is 14.3 Å². The molecule has 0 bridgehead atoms. The van der Waals surface area contributed by atoms with E-state index in [0.717, 1.165) is 22.1 Å². The summed E-state index contributed by atoms with van der Waals surface area (Å²) in [7, 11) is 3.14. The van der Waals surface area contributed by atoms with E-state index in [2.05, 4.69) is 47.6 Å². The highest BCUT2D eigenvalue weighted by Crippen LogP contribution is 2.29. The highest BCUT2D eigenvalue weighted by atomic mass is 32.2. The standard InChI is InChI=1S/C23H24N4O3S/c1-13-6-16-7-15(3)22-25-26-23(27(22)20(16)8-14(13)2)31-12-21(28)24-17-9-18(29-4)11-19(10-17)30-5/h6-11H,12H2,1-5H3,(H,24,28). The van der Waals surface area contributed by atoms with E-state index in [-0.39, 0.29) is 11.7 Å². The molecular formula is C23H24N4O3S. The molecule has 0 spiro atoms. The molecule has 4 aromatic rings. The number of amides is 1. The molecule has 0 aliphatic rings. The Labute approximate surface area is 184 Å². The number of aryl methyl sites for hydroxylation is 3. The molecule has 160 valence electrons. The van der Waals surface area contributed by atoms with Crippen LogP contribution in [0.2, 0.25) is 0 Å². The van der Waals surface area contributed by atoms with Crippen LogP contribution in [0.15, 0.2) is 41.6 Å². The maximum atomic E-state index is 12.6. The number of fused-ring (bicyclic) bond motifs is 3. The summed E-state index contributed by atoms with van der Waals surface area (Å²) in [5, 5.41) is 13.4. The summed E-state index contributed by atoms with van der Waals surface area (Å²) in [6.45, 7) is 6.22. The first-order valence-electron chi connectivity index (χ1n) is 9.81. The van der Waals surface area contributed by atoms with Gasteiger partial charge in [0.05, 0.1) is 25.5 Å². The summed E-state index contributed by atoms with van der Waals surface area (Å²) in [5.41, 5.74) is 5.93. The second-order valence-corrected chi connectivity index (χ2v) is 8.34. The minimum atomic E-state index is -0.152. The van der Waals surface area contributed by atoms with Crippen molar-refractivity contribution in [1.29, 1.82) is 0 Å². The number of benzene rings is 2. The highest BCUT2D eigenvalue weighted by Gasteiger charge is 2.15. The molecule has 2 heterocycles. The van der Waals surface area contributed by atoms with Crippen molar-refractivity contribution in [1.82, 2.24) is 14.6 Å². The van der Waals surface area contributed by atoms with Gasteiger partial charge >= 0.3 is 0 Å². The lowest BCUT2D eigenvalue weighted by molar-refractivity contribution is -0.113. The van der Waals surface area contributed by atoms with E-state index in [0.29, 0.717) is 22.3 Å². The number of pyridine rings is 1. The number of nitrogens with zero attached hydrogens (tertiary/aromatic N) is 3. The third-order valence-corrected chi connectivity index (χ3v) is 6.14. The van der Waals surface area contributed by atoms with Gasteiger partial charge in [0.25, 0.3) is 0 Å². The van der Waals surface area contributed by atoms with Gasteiger partial charge in [0.2, 0.25) is 5.91 Å². The lowest BCUT2D eigenvalue weighted by Crippen LogP contribution is -2.14. The normalized spacial score (nSPS) is 11.1. The van der Waals surface area contributed by atoms with Crippen molar-refractivity contribution in [2.75, 3.05) is 25.3 Å². The fraction of sp³-hybridized carbons (Fsp3) is 0.261. The van der Waals surface area contributed by atoms with Crippen LogP contribution >= 0.6 is 11.8 Å². The number of carbonyl (C=O) groups excluding carboxylic acids is 1. The molecule has 0 atom stereocenters. The van der Waals surface area contributed by atoms with E-state index >= 15 is 0 Å². The van der Waals surface area contributed by atoms with Crippen LogP contribution in [-0.2, 0) is 4.79 Å². The molecule has 31 heavy (non-hydrogen) atoms. The van der Waals surface area contributed by atoms with Gasteiger partial charge in [0, 0.05) is 23.9 Å². The summed E-state index contributed by atoms with van der Waals surface area (Å²) in [6, 6.07) is 11.7. The zero-order valence-corrected chi connectivity index (χ0v) is 19.0. The van der Waals surface area contributed by atoms with Crippen LogP contribution < -0.4 is 14.8 Å². The predicted octanol–water partition coefficient (Wildman–Crippen LogP) is 4.56. The lowest BCUT2D eigenvalue weighted by Gasteiger charge is -2.11. The van der Waals surface area contributed by atoms with Crippen molar-refractivity contribution in [3.05, 3.63) is 53.1 Å². The number of aromatic nitrogens is 3. The second kappa shape index (κ2) is 8.47. The van der Waals surface area contributed by atoms with Crippen molar-refractivity contribution in [3.63, 3.8) is 0 Å². The molecule has 8 heteroatoms. The number of anilines is 1. The van der Waals surface area contributed by atoms with Gasteiger partial charge in [0.1, 0.15) is 11.5 Å². The van der Waals surface area contributed by atoms with E-state index in [4.69, 9.17) is 9.47 Å². The monoisotopic (exact) mass is 436 g/mol. The summed E-state index contributed by atoms with van der Waals surface area (Å²) in [4.78, 5) is 12.6. The Hall–Kier alpha value is -3.26. The SMILES string of the molecule is COc1cc(NC(=O)CSc2nnc3c(C)cc4cc(C)c(C)cc4n23)cc(OC)c1. The molecule has 1 amide bonds. The van der Waals surface area contributed by atoms with Gasteiger partial charge in [-0.25, -0.2) is 0 Å². The fourth-order valence-electron chi connectivity index (χ4n) is 3.47. The van der Waals surface area contributed by atoms with Crippen LogP contribution in [0.1, 0.15) is 16.7 Å². The van der Waals surface area contributed by atoms with Crippen LogP contribution in [0, 0.1) is 20.8 Å². The molecule has 7 nitrogen and oxygen atoms in total. The third-order valence-electron chi connectivity index (χ3n) is 5.21. The van der Waals surface area contributed by atoms with E-state index in [1.54, 1.807) is 32.4 Å². The first-order chi connectivity index (χ1) is 14.9. The number of hydrogen-bond donors (Lipinski definition) is 1. The number of hydrogen-bond acceptors (Lipinski definition) is 6. The molecular weight excluding hydrogens is 412 g/mol. The Bertz CT molecular complexity index is 1280. The average molecular weight is 437 g/mol. The minimum absolute atomic E-state index is 0.152. The number of carbonyl (C=O) groups is 1. The van der Waals surface area contributed by atoms with Gasteiger partial charge < -0.3 is 14.8 Å². The molecule has 0 radical (unpaired) electrons. The van der Waals surface area contributed by atoms with E-state index in [9.17, 15) is 4.79 Å². The van der Waals surface area contributed by atoms with Gasteiger partial charge in [-0.05, 0) is 61.0 Å². The lowest BCUT2D eigenvalue weighted by atomic mass is 10.0. The quantitative estimate of drug-likeness (QED) is 0.447. The molecule has 0 saturated carbocycles. The fourth-order valence-corrected chi connectivity index (χ4v) is 4.22. The van der Waals surface area contributed by atoms with E-state index in [1.165, 1.54) is 22.9 Å². The van der Waals surface area contributed by atoms with Crippen molar-refractivity contribution in [2.45, 2.75) is 25.9 Å². The van der Waals surface area contributed by atoms with Gasteiger partial charge in [0.15, 0.2) is 10.8 Å². The van der Waals surface area contributed by atoms with Gasteiger partial charge in [-0.1, -0.05) is 11.8 Å². The summed E-state index contributed by atoms with van der Waals surface area (Å²) >= 11 is 1.35. The Morgan fingerprint density at radius 1 is 0.935 bits per heavy atom. The van der Waals surface area contributed by atoms with Crippen molar-refractivity contribution in [2.24, 2.45) is 0 Å². The molecule has 0 saturated heterocycles. The molecule has 0 aliphatic carbocycles. The number of rotatable bonds is 6. The number of nitrogens with one attached hydrogen (secondary N) is 1. The molecule has 2 aromatic heterocycles. The Morgan fingerprint density at radius 3 is 2.26 bits per heavy atom. The topological polar surface area (TPSA) is 77.8 Å². The Morgan fingerprint density at radius 2 is 1.58 bits per heavy atom. The largest absolute Gasteiger partial charge is 0.497 e. The predicted molar refractivity (Wildman–Crippen MR) is 124 cm³/mol. The smallest absolute Gasteiger partial charge is 0.234 e. The first-order valence-corrected chi connectivity index (χ1v) is 10.8. The van der Waals surface area contributed by atoms with Crippen molar-refractivity contribution >= 4 is 39.9 Å². The second-order valence-electron chi connectivity index (χ2n) is 7.40. The van der Waals surface area contributed by atoms with Gasteiger partial charge in [-0.3, -0.25) is 9.20 Å². The van der Waals surface area contributed by atoms with Crippen LogP contribution in [0.4, 0.5) is 5.69 Å². The van der Waals surface area contributed by atoms with Crippen molar-refractivity contribution in [3.8, 4) is 11.5 Å². The highest BCUT2D eigenvalue weighted by molar-refractivity contribution is 7.99. The van der Waals surface area contributed by atoms with Crippen LogP contribution in [0.25, 0.3) is 16.6 Å². The van der Waals surface area contributed by atoms with E-state index in [1.807, 2.05) is 11.3 Å². The molecule has 0 fully saturated rings. The maximum absolute atomic E-state index is 12.6. The Balaban J connectivity index is 1.59. The summed E-state index contributed by atoms with van der Waals surface area (Å²) in [6.07, 6.45) is 0. The number of ether oxygens (including phenoxy) is 2. The Kier molecular flexibility index (Phi) is 5.73. The molecule has 0 unspecified atom stereocenters. The van der Waals surface area contributed by atoms with Crippen LogP contribution in [0.5, 0.6) is 11.5 Å². The molecule has 0 aliphatic heterocycles. The maximum Gasteiger partial charge on any atom is 0.234 e. The zero-order chi connectivity index (χ0) is 22.1. The molecule has 1 N–H and O–H groups in total. The van der Waals surface area contributed by atoms with Crippen LogP contribution in [-0.4, -0.2) is 40.5 Å². The number of thioether (sulfide) groups is 1. The van der Waals surface area contributed by atoms with E-state index < -0.39 is 0 Å². The summed E-state index contributed by atoms with van der Waals surface area (Å²) < 4.78 is 12.5. The third kappa shape index (κ3) is 4.16. The molecule has 4 rings (SSSR count). The van der Waals surface area contributed by atoms with Gasteiger partial charge in [-0.2, -0.15) is 0 Å². The number of methoxy groups -OCH3 is 2. The molecule has 2 aromatic carbocycles. The summed E-state index contributed by atoms with van der Waals surface area (Å²) in [5.74, 6) is 1.26. The zero-order valence-electron chi connectivity index (χ0n) is 18.1. The first kappa shape index (κ1) is 21.0.